The highest BCUT2D eigenvalue weighted by Gasteiger charge is 2.34. The fourth-order valence-corrected chi connectivity index (χ4v) is 6.14. The number of hydrogen-bond acceptors (Lipinski definition) is 6. The van der Waals surface area contributed by atoms with Gasteiger partial charge in [-0.3, -0.25) is 4.79 Å². The summed E-state index contributed by atoms with van der Waals surface area (Å²) in [5.41, 5.74) is 1.82. The minimum atomic E-state index is -3.08. The minimum Gasteiger partial charge on any atom is -0.334 e. The molecule has 6 nitrogen and oxygen atoms in total. The van der Waals surface area contributed by atoms with Crippen LogP contribution in [-0.4, -0.2) is 52.5 Å². The third-order valence-electron chi connectivity index (χ3n) is 5.00. The molecule has 1 saturated heterocycles. The number of amides is 1. The van der Waals surface area contributed by atoms with E-state index in [0.29, 0.717) is 13.0 Å². The second kappa shape index (κ2) is 8.51. The average molecular weight is 428 g/mol. The lowest BCUT2D eigenvalue weighted by Gasteiger charge is -2.28. The number of aromatic nitrogens is 2. The van der Waals surface area contributed by atoms with Gasteiger partial charge in [-0.25, -0.2) is 18.4 Å². The van der Waals surface area contributed by atoms with Crippen molar-refractivity contribution in [2.45, 2.75) is 24.0 Å². The Balaban J connectivity index is 1.53. The third kappa shape index (κ3) is 4.76. The highest BCUT2D eigenvalue weighted by molar-refractivity contribution is 8.00. The molecular formula is C21H21N3O3S2. The van der Waals surface area contributed by atoms with Crippen LogP contribution in [0.2, 0.25) is 0 Å². The molecule has 2 aromatic carbocycles. The number of thioether (sulfide) groups is 1. The van der Waals surface area contributed by atoms with Crippen LogP contribution in [0.4, 0.5) is 0 Å². The lowest BCUT2D eigenvalue weighted by molar-refractivity contribution is -0.130. The van der Waals surface area contributed by atoms with Crippen molar-refractivity contribution >= 4 is 38.4 Å². The number of hydrogen-bond donors (Lipinski definition) is 0. The van der Waals surface area contributed by atoms with Crippen molar-refractivity contribution in [2.75, 3.05) is 17.3 Å². The Bertz CT molecular complexity index is 1110. The van der Waals surface area contributed by atoms with E-state index >= 15 is 0 Å². The Morgan fingerprint density at radius 2 is 1.83 bits per heavy atom. The van der Waals surface area contributed by atoms with Crippen molar-refractivity contribution in [3.8, 4) is 0 Å². The van der Waals surface area contributed by atoms with Crippen LogP contribution in [-0.2, 0) is 21.2 Å². The SMILES string of the molecule is O=C(CSc1ncnc2ccccc12)N(Cc1ccccc1)[C@H]1CCS(=O)(=O)C1. The number of carbonyl (C=O) groups excluding carboxylic acids is 1. The first kappa shape index (κ1) is 19.8. The summed E-state index contributed by atoms with van der Waals surface area (Å²) in [6.45, 7) is 0.408. The molecule has 0 N–H and O–H groups in total. The van der Waals surface area contributed by atoms with Gasteiger partial charge in [0.2, 0.25) is 5.91 Å². The van der Waals surface area contributed by atoms with E-state index in [0.717, 1.165) is 21.5 Å². The highest BCUT2D eigenvalue weighted by Crippen LogP contribution is 2.26. The molecule has 29 heavy (non-hydrogen) atoms. The standard InChI is InChI=1S/C21H21N3O3S2/c25-20(13-28-21-18-8-4-5-9-19(18)22-15-23-21)24(12-16-6-2-1-3-7-16)17-10-11-29(26,27)14-17/h1-9,15,17H,10-14H2/t17-/m0/s1. The average Bonchev–Trinajstić information content (AvgIpc) is 3.10. The van der Waals surface area contributed by atoms with Gasteiger partial charge in [-0.15, -0.1) is 0 Å². The molecule has 0 saturated carbocycles. The molecule has 1 atom stereocenters. The zero-order valence-corrected chi connectivity index (χ0v) is 17.4. The van der Waals surface area contributed by atoms with Gasteiger partial charge in [-0.2, -0.15) is 0 Å². The number of benzene rings is 2. The molecule has 0 spiro atoms. The van der Waals surface area contributed by atoms with Crippen LogP contribution >= 0.6 is 11.8 Å². The number of sulfone groups is 1. The van der Waals surface area contributed by atoms with Crippen molar-refractivity contribution in [1.82, 2.24) is 14.9 Å². The number of para-hydroxylation sites is 1. The van der Waals surface area contributed by atoms with Crippen LogP contribution in [0.25, 0.3) is 10.9 Å². The van der Waals surface area contributed by atoms with Gasteiger partial charge in [0.1, 0.15) is 11.4 Å². The molecule has 1 aromatic heterocycles. The monoisotopic (exact) mass is 427 g/mol. The normalized spacial score (nSPS) is 18.0. The molecule has 150 valence electrons. The Morgan fingerprint density at radius 3 is 2.59 bits per heavy atom. The summed E-state index contributed by atoms with van der Waals surface area (Å²) < 4.78 is 24.0. The van der Waals surface area contributed by atoms with Gasteiger partial charge in [0.15, 0.2) is 9.84 Å². The van der Waals surface area contributed by atoms with E-state index in [4.69, 9.17) is 0 Å². The van der Waals surface area contributed by atoms with Gasteiger partial charge in [0, 0.05) is 18.0 Å². The van der Waals surface area contributed by atoms with E-state index in [1.54, 1.807) is 4.90 Å². The highest BCUT2D eigenvalue weighted by atomic mass is 32.2. The third-order valence-corrected chi connectivity index (χ3v) is 7.74. The van der Waals surface area contributed by atoms with Gasteiger partial charge in [-0.1, -0.05) is 60.3 Å². The molecular weight excluding hydrogens is 406 g/mol. The maximum atomic E-state index is 13.1. The number of rotatable bonds is 6. The van der Waals surface area contributed by atoms with Crippen molar-refractivity contribution in [3.63, 3.8) is 0 Å². The predicted octanol–water partition coefficient (Wildman–Crippen LogP) is 2.94. The fourth-order valence-electron chi connectivity index (χ4n) is 3.53. The van der Waals surface area contributed by atoms with Gasteiger partial charge < -0.3 is 4.90 Å². The van der Waals surface area contributed by atoms with Crippen LogP contribution < -0.4 is 0 Å². The zero-order chi connectivity index (χ0) is 20.3. The molecule has 4 rings (SSSR count). The van der Waals surface area contributed by atoms with Gasteiger partial charge >= 0.3 is 0 Å². The summed E-state index contributed by atoms with van der Waals surface area (Å²) in [6.07, 6.45) is 1.99. The first-order valence-electron chi connectivity index (χ1n) is 9.38. The van der Waals surface area contributed by atoms with Crippen LogP contribution in [0.15, 0.2) is 66.0 Å². The first-order valence-corrected chi connectivity index (χ1v) is 12.2. The lowest BCUT2D eigenvalue weighted by Crippen LogP contribution is -2.41. The molecule has 8 heteroatoms. The van der Waals surface area contributed by atoms with Crippen LogP contribution in [0.1, 0.15) is 12.0 Å². The predicted molar refractivity (Wildman–Crippen MR) is 114 cm³/mol. The zero-order valence-electron chi connectivity index (χ0n) is 15.8. The summed E-state index contributed by atoms with van der Waals surface area (Å²) in [7, 11) is -3.08. The summed E-state index contributed by atoms with van der Waals surface area (Å²) in [6, 6.07) is 17.1. The van der Waals surface area contributed by atoms with Crippen molar-refractivity contribution in [2.24, 2.45) is 0 Å². The van der Waals surface area contributed by atoms with E-state index in [-0.39, 0.29) is 29.2 Å². The molecule has 0 radical (unpaired) electrons. The van der Waals surface area contributed by atoms with Crippen molar-refractivity contribution < 1.29 is 13.2 Å². The van der Waals surface area contributed by atoms with Gasteiger partial charge in [-0.05, 0) is 18.1 Å². The van der Waals surface area contributed by atoms with Crippen molar-refractivity contribution in [3.05, 3.63) is 66.5 Å². The Labute approximate surface area is 174 Å². The fraction of sp³-hybridized carbons (Fsp3) is 0.286. The number of fused-ring (bicyclic) bond motifs is 1. The van der Waals surface area contributed by atoms with Gasteiger partial charge in [0.05, 0.1) is 22.8 Å². The Kier molecular flexibility index (Phi) is 5.82. The molecule has 0 bridgehead atoms. The minimum absolute atomic E-state index is 0.0344. The topological polar surface area (TPSA) is 80.2 Å². The molecule has 3 aromatic rings. The maximum absolute atomic E-state index is 13.1. The molecule has 1 fully saturated rings. The lowest BCUT2D eigenvalue weighted by atomic mass is 10.1. The molecule has 1 amide bonds. The van der Waals surface area contributed by atoms with Crippen LogP contribution in [0.3, 0.4) is 0 Å². The molecule has 1 aliphatic heterocycles. The van der Waals surface area contributed by atoms with E-state index in [1.165, 1.54) is 18.1 Å². The largest absolute Gasteiger partial charge is 0.334 e. The summed E-state index contributed by atoms with van der Waals surface area (Å²) in [5.74, 6) is 0.292. The Hall–Kier alpha value is -2.45. The maximum Gasteiger partial charge on any atom is 0.233 e. The first-order chi connectivity index (χ1) is 14.0. The second-order valence-corrected chi connectivity index (χ2v) is 10.2. The molecule has 0 aliphatic carbocycles. The van der Waals surface area contributed by atoms with E-state index < -0.39 is 9.84 Å². The number of carbonyl (C=O) groups is 1. The van der Waals surface area contributed by atoms with E-state index in [1.807, 2.05) is 54.6 Å². The van der Waals surface area contributed by atoms with E-state index in [2.05, 4.69) is 9.97 Å². The number of nitrogens with zero attached hydrogens (tertiary/aromatic N) is 3. The Morgan fingerprint density at radius 1 is 1.07 bits per heavy atom. The molecule has 1 aliphatic rings. The second-order valence-electron chi connectivity index (χ2n) is 7.05. The smallest absolute Gasteiger partial charge is 0.233 e. The molecule has 0 unspecified atom stereocenters. The molecule has 2 heterocycles. The van der Waals surface area contributed by atoms with Crippen molar-refractivity contribution in [1.29, 1.82) is 0 Å². The van der Waals surface area contributed by atoms with Crippen LogP contribution in [0, 0.1) is 0 Å². The summed E-state index contributed by atoms with van der Waals surface area (Å²) >= 11 is 1.36. The van der Waals surface area contributed by atoms with Crippen LogP contribution in [0.5, 0.6) is 0 Å². The summed E-state index contributed by atoms with van der Waals surface area (Å²) in [4.78, 5) is 23.4. The van der Waals surface area contributed by atoms with Gasteiger partial charge in [0.25, 0.3) is 0 Å². The summed E-state index contributed by atoms with van der Waals surface area (Å²) in [5, 5.41) is 1.66. The quantitative estimate of drug-likeness (QED) is 0.444. The van der Waals surface area contributed by atoms with E-state index in [9.17, 15) is 13.2 Å².